The summed E-state index contributed by atoms with van der Waals surface area (Å²) < 4.78 is 0. The number of hydrogen-bond acceptors (Lipinski definition) is 4. The number of nitrogens with one attached hydrogen (secondary N) is 1. The van der Waals surface area contributed by atoms with Crippen LogP contribution in [0.1, 0.15) is 48.5 Å². The van der Waals surface area contributed by atoms with E-state index in [2.05, 4.69) is 10.3 Å². The molecule has 0 saturated heterocycles. The van der Waals surface area contributed by atoms with Gasteiger partial charge in [0.05, 0.1) is 5.69 Å². The highest BCUT2D eigenvalue weighted by Crippen LogP contribution is 2.23. The number of aryl methyl sites for hydroxylation is 1. The van der Waals surface area contributed by atoms with Crippen molar-refractivity contribution in [3.63, 3.8) is 0 Å². The molecule has 6 heteroatoms. The van der Waals surface area contributed by atoms with Crippen LogP contribution in [0.2, 0.25) is 0 Å². The summed E-state index contributed by atoms with van der Waals surface area (Å²) in [6, 6.07) is 0. The van der Waals surface area contributed by atoms with Crippen LogP contribution < -0.4 is 5.32 Å². The fourth-order valence-electron chi connectivity index (χ4n) is 1.33. The molecule has 0 aliphatic heterocycles. The first-order chi connectivity index (χ1) is 8.08. The summed E-state index contributed by atoms with van der Waals surface area (Å²) in [4.78, 5) is 26.7. The minimum absolute atomic E-state index is 0.111. The summed E-state index contributed by atoms with van der Waals surface area (Å²) in [6.45, 7) is 3.85. The molecular formula is C11H16N2O3S. The number of amides is 1. The second-order valence-electron chi connectivity index (χ2n) is 3.61. The Morgan fingerprint density at radius 1 is 1.41 bits per heavy atom. The first-order valence-electron chi connectivity index (χ1n) is 5.61. The molecule has 0 radical (unpaired) electrons. The molecule has 5 nitrogen and oxygen atoms in total. The molecule has 17 heavy (non-hydrogen) atoms. The third-order valence-electron chi connectivity index (χ3n) is 2.23. The monoisotopic (exact) mass is 256 g/mol. The molecule has 0 saturated carbocycles. The van der Waals surface area contributed by atoms with Crippen LogP contribution in [0, 0.1) is 0 Å². The summed E-state index contributed by atoms with van der Waals surface area (Å²) in [5, 5.41) is 12.0. The lowest BCUT2D eigenvalue weighted by atomic mass is 10.2. The normalized spacial score (nSPS) is 10.2. The van der Waals surface area contributed by atoms with Gasteiger partial charge in [-0.15, -0.1) is 0 Å². The molecule has 0 aliphatic carbocycles. The van der Waals surface area contributed by atoms with Gasteiger partial charge in [-0.1, -0.05) is 31.6 Å². The second kappa shape index (κ2) is 6.34. The maximum Gasteiger partial charge on any atom is 0.347 e. The maximum absolute atomic E-state index is 11.5. The van der Waals surface area contributed by atoms with E-state index >= 15 is 0 Å². The molecule has 0 unspecified atom stereocenters. The summed E-state index contributed by atoms with van der Waals surface area (Å²) in [5.41, 5.74) is 0.522. The minimum atomic E-state index is -0.992. The standard InChI is InChI=1S/C11H16N2O3S/c1-3-5-6-8(14)13-11-12-7(4-2)9(17-11)10(15)16/h3-6H2,1-2H3,(H,15,16)(H,12,13,14). The highest BCUT2D eigenvalue weighted by atomic mass is 32.1. The fourth-order valence-corrected chi connectivity index (χ4v) is 2.24. The number of nitrogens with zero attached hydrogens (tertiary/aromatic N) is 1. The predicted octanol–water partition coefficient (Wildman–Crippen LogP) is 2.53. The number of aromatic nitrogens is 1. The molecule has 94 valence electrons. The first-order valence-corrected chi connectivity index (χ1v) is 6.43. The van der Waals surface area contributed by atoms with Gasteiger partial charge in [0.15, 0.2) is 5.13 Å². The van der Waals surface area contributed by atoms with E-state index in [4.69, 9.17) is 5.11 Å². The number of carboxylic acids is 1. The van der Waals surface area contributed by atoms with Gasteiger partial charge in [-0.2, -0.15) is 0 Å². The molecule has 0 bridgehead atoms. The van der Waals surface area contributed by atoms with Crippen LogP contribution >= 0.6 is 11.3 Å². The average Bonchev–Trinajstić information content (AvgIpc) is 2.69. The van der Waals surface area contributed by atoms with Gasteiger partial charge in [0, 0.05) is 6.42 Å². The highest BCUT2D eigenvalue weighted by molar-refractivity contribution is 7.17. The number of thiazole rings is 1. The molecule has 1 heterocycles. The van der Waals surface area contributed by atoms with Gasteiger partial charge < -0.3 is 10.4 Å². The Labute approximate surface area is 104 Å². The molecule has 0 atom stereocenters. The zero-order valence-corrected chi connectivity index (χ0v) is 10.8. The van der Waals surface area contributed by atoms with Gasteiger partial charge in [-0.05, 0) is 12.8 Å². The third kappa shape index (κ3) is 3.81. The molecule has 1 rings (SSSR count). The van der Waals surface area contributed by atoms with Crippen LogP contribution in [0.3, 0.4) is 0 Å². The summed E-state index contributed by atoms with van der Waals surface area (Å²) in [6.07, 6.45) is 2.76. The van der Waals surface area contributed by atoms with E-state index in [-0.39, 0.29) is 10.8 Å². The van der Waals surface area contributed by atoms with Gasteiger partial charge in [-0.25, -0.2) is 9.78 Å². The molecule has 0 aliphatic rings. The number of hydrogen-bond donors (Lipinski definition) is 2. The van der Waals surface area contributed by atoms with Gasteiger partial charge in [0.25, 0.3) is 0 Å². The molecule has 0 spiro atoms. The molecular weight excluding hydrogens is 240 g/mol. The third-order valence-corrected chi connectivity index (χ3v) is 3.23. The van der Waals surface area contributed by atoms with Crippen LogP contribution in [-0.2, 0) is 11.2 Å². The first kappa shape index (κ1) is 13.6. The van der Waals surface area contributed by atoms with Crippen molar-refractivity contribution in [2.24, 2.45) is 0 Å². The van der Waals surface area contributed by atoms with Crippen molar-refractivity contribution < 1.29 is 14.7 Å². The summed E-state index contributed by atoms with van der Waals surface area (Å²) in [5.74, 6) is -1.10. The number of carboxylic acid groups (broad SMARTS) is 1. The van der Waals surface area contributed by atoms with Gasteiger partial charge in [0.2, 0.25) is 5.91 Å². The van der Waals surface area contributed by atoms with Crippen LogP contribution in [-0.4, -0.2) is 22.0 Å². The smallest absolute Gasteiger partial charge is 0.347 e. The van der Waals surface area contributed by atoms with E-state index in [1.807, 2.05) is 13.8 Å². The zero-order chi connectivity index (χ0) is 12.8. The molecule has 0 fully saturated rings. The van der Waals surface area contributed by atoms with E-state index in [0.717, 1.165) is 24.2 Å². The number of rotatable bonds is 6. The largest absolute Gasteiger partial charge is 0.477 e. The van der Waals surface area contributed by atoms with E-state index in [1.54, 1.807) is 0 Å². The summed E-state index contributed by atoms with van der Waals surface area (Å²) >= 11 is 1.01. The lowest BCUT2D eigenvalue weighted by molar-refractivity contribution is -0.116. The molecule has 1 amide bonds. The summed E-state index contributed by atoms with van der Waals surface area (Å²) in [7, 11) is 0. The van der Waals surface area contributed by atoms with Crippen molar-refractivity contribution in [2.45, 2.75) is 39.5 Å². The van der Waals surface area contributed by atoms with Crippen molar-refractivity contribution in [3.8, 4) is 0 Å². The van der Waals surface area contributed by atoms with Crippen LogP contribution in [0.4, 0.5) is 5.13 Å². The van der Waals surface area contributed by atoms with Gasteiger partial charge in [-0.3, -0.25) is 4.79 Å². The Bertz CT molecular complexity index is 415. The Kier molecular flexibility index (Phi) is 5.09. The number of anilines is 1. The number of carbonyl (C=O) groups is 2. The Hall–Kier alpha value is -1.43. The van der Waals surface area contributed by atoms with Crippen LogP contribution in [0.5, 0.6) is 0 Å². The lowest BCUT2D eigenvalue weighted by Gasteiger charge is -1.99. The topological polar surface area (TPSA) is 79.3 Å². The van der Waals surface area contributed by atoms with Gasteiger partial charge >= 0.3 is 5.97 Å². The number of aromatic carboxylic acids is 1. The van der Waals surface area contributed by atoms with Crippen molar-refractivity contribution >= 4 is 28.3 Å². The van der Waals surface area contributed by atoms with Crippen molar-refractivity contribution in [3.05, 3.63) is 10.6 Å². The predicted molar refractivity (Wildman–Crippen MR) is 66.6 cm³/mol. The van der Waals surface area contributed by atoms with Crippen molar-refractivity contribution in [1.29, 1.82) is 0 Å². The van der Waals surface area contributed by atoms with E-state index in [9.17, 15) is 9.59 Å². The second-order valence-corrected chi connectivity index (χ2v) is 4.60. The molecule has 2 N–H and O–H groups in total. The van der Waals surface area contributed by atoms with Crippen LogP contribution in [0.15, 0.2) is 0 Å². The van der Waals surface area contributed by atoms with Crippen LogP contribution in [0.25, 0.3) is 0 Å². The molecule has 0 aromatic carbocycles. The Balaban J connectivity index is 2.72. The molecule has 1 aromatic heterocycles. The van der Waals surface area contributed by atoms with E-state index < -0.39 is 5.97 Å². The fraction of sp³-hybridized carbons (Fsp3) is 0.545. The highest BCUT2D eigenvalue weighted by Gasteiger charge is 2.16. The lowest BCUT2D eigenvalue weighted by Crippen LogP contribution is -2.10. The SMILES string of the molecule is CCCCC(=O)Nc1nc(CC)c(C(=O)O)s1. The van der Waals surface area contributed by atoms with E-state index in [0.29, 0.717) is 23.7 Å². The van der Waals surface area contributed by atoms with Crippen molar-refractivity contribution in [1.82, 2.24) is 4.98 Å². The minimum Gasteiger partial charge on any atom is -0.477 e. The number of carbonyl (C=O) groups excluding carboxylic acids is 1. The van der Waals surface area contributed by atoms with Crippen molar-refractivity contribution in [2.75, 3.05) is 5.32 Å². The zero-order valence-electron chi connectivity index (χ0n) is 9.95. The average molecular weight is 256 g/mol. The van der Waals surface area contributed by atoms with Gasteiger partial charge in [0.1, 0.15) is 4.88 Å². The molecule has 1 aromatic rings. The quantitative estimate of drug-likeness (QED) is 0.819. The maximum atomic E-state index is 11.5. The van der Waals surface area contributed by atoms with E-state index in [1.165, 1.54) is 0 Å². The number of unbranched alkanes of at least 4 members (excludes halogenated alkanes) is 1. The Morgan fingerprint density at radius 3 is 2.59 bits per heavy atom. The Morgan fingerprint density at radius 2 is 2.12 bits per heavy atom.